The standard InChI is InChI=1S/C23H29F5N6O3/c24-22(25)5-1-2-13(9-22)18(29)15-11-34-21(31-15)32-19(12-3-6-36-7-4-12)14(33-34)8-16-20(35)30-10-17(37-16)23(26,27)28/h11-13,16-18H,1-10,29H2,(H,30,35)/t13-,16?,17?,18-/m0/s1. The third-order valence-corrected chi connectivity index (χ3v) is 7.40. The Labute approximate surface area is 209 Å². The average molecular weight is 533 g/mol. The van der Waals surface area contributed by atoms with Gasteiger partial charge in [0.15, 0.2) is 6.10 Å². The Balaban J connectivity index is 1.46. The van der Waals surface area contributed by atoms with Gasteiger partial charge in [0.05, 0.1) is 35.9 Å². The fourth-order valence-electron chi connectivity index (χ4n) is 5.37. The van der Waals surface area contributed by atoms with E-state index in [1.54, 1.807) is 0 Å². The molecule has 0 spiro atoms. The zero-order valence-electron chi connectivity index (χ0n) is 20.0. The predicted octanol–water partition coefficient (Wildman–Crippen LogP) is 2.83. The lowest BCUT2D eigenvalue weighted by Gasteiger charge is -2.31. The van der Waals surface area contributed by atoms with Crippen LogP contribution in [0.1, 0.15) is 67.6 Å². The molecule has 1 amide bonds. The van der Waals surface area contributed by atoms with Gasteiger partial charge >= 0.3 is 6.18 Å². The first-order chi connectivity index (χ1) is 17.5. The number of imidazole rings is 1. The fourth-order valence-corrected chi connectivity index (χ4v) is 5.37. The molecule has 14 heteroatoms. The summed E-state index contributed by atoms with van der Waals surface area (Å²) in [5.41, 5.74) is 7.52. The van der Waals surface area contributed by atoms with Gasteiger partial charge in [-0.05, 0) is 31.6 Å². The van der Waals surface area contributed by atoms with E-state index in [1.165, 1.54) is 10.7 Å². The molecule has 0 radical (unpaired) electrons. The number of hydrogen-bond donors (Lipinski definition) is 2. The molecule has 5 rings (SSSR count). The monoisotopic (exact) mass is 532 g/mol. The lowest BCUT2D eigenvalue weighted by atomic mass is 9.81. The summed E-state index contributed by atoms with van der Waals surface area (Å²) in [6, 6.07) is -0.746. The van der Waals surface area contributed by atoms with E-state index in [9.17, 15) is 26.7 Å². The van der Waals surface area contributed by atoms with E-state index >= 15 is 0 Å². The van der Waals surface area contributed by atoms with Crippen LogP contribution in [0.2, 0.25) is 0 Å². The number of aromatic nitrogens is 4. The van der Waals surface area contributed by atoms with Crippen LogP contribution in [0.3, 0.4) is 0 Å². The average Bonchev–Trinajstić information content (AvgIpc) is 3.26. The van der Waals surface area contributed by atoms with Crippen molar-refractivity contribution in [2.45, 2.75) is 81.2 Å². The van der Waals surface area contributed by atoms with Crippen molar-refractivity contribution in [1.29, 1.82) is 0 Å². The number of ether oxygens (including phenoxy) is 2. The number of alkyl halides is 5. The van der Waals surface area contributed by atoms with Crippen LogP contribution in [0, 0.1) is 5.92 Å². The molecule has 3 fully saturated rings. The van der Waals surface area contributed by atoms with Crippen molar-refractivity contribution in [3.8, 4) is 0 Å². The van der Waals surface area contributed by atoms with Gasteiger partial charge in [0, 0.05) is 38.4 Å². The van der Waals surface area contributed by atoms with Crippen LogP contribution in [0.25, 0.3) is 5.78 Å². The van der Waals surface area contributed by atoms with Crippen LogP contribution >= 0.6 is 0 Å². The quantitative estimate of drug-likeness (QED) is 0.569. The molecule has 4 atom stereocenters. The largest absolute Gasteiger partial charge is 0.416 e. The maximum atomic E-state index is 14.0. The summed E-state index contributed by atoms with van der Waals surface area (Å²) in [5, 5.41) is 6.81. The molecule has 9 nitrogen and oxygen atoms in total. The summed E-state index contributed by atoms with van der Waals surface area (Å²) >= 11 is 0. The second-order valence-corrected chi connectivity index (χ2v) is 10.1. The highest BCUT2D eigenvalue weighted by Crippen LogP contribution is 2.41. The Kier molecular flexibility index (Phi) is 7.09. The summed E-state index contributed by atoms with van der Waals surface area (Å²) in [5.74, 6) is -3.78. The van der Waals surface area contributed by atoms with Crippen LogP contribution in [-0.4, -0.2) is 69.6 Å². The fraction of sp³-hybridized carbons (Fsp3) is 0.739. The first kappa shape index (κ1) is 26.2. The molecule has 3 aliphatic rings. The molecular weight excluding hydrogens is 503 g/mol. The zero-order valence-corrected chi connectivity index (χ0v) is 20.0. The molecule has 2 aromatic rings. The highest BCUT2D eigenvalue weighted by molar-refractivity contribution is 5.81. The van der Waals surface area contributed by atoms with Crippen molar-refractivity contribution < 1.29 is 36.2 Å². The van der Waals surface area contributed by atoms with Crippen LogP contribution in [0.5, 0.6) is 0 Å². The highest BCUT2D eigenvalue weighted by Gasteiger charge is 2.46. The third-order valence-electron chi connectivity index (χ3n) is 7.40. The summed E-state index contributed by atoms with van der Waals surface area (Å²) in [7, 11) is 0. The number of nitrogens with zero attached hydrogens (tertiary/aromatic N) is 4. The smallest absolute Gasteiger partial charge is 0.381 e. The number of nitrogens with two attached hydrogens (primary N) is 1. The van der Waals surface area contributed by atoms with Crippen molar-refractivity contribution >= 4 is 11.7 Å². The van der Waals surface area contributed by atoms with E-state index in [0.717, 1.165) is 0 Å². The lowest BCUT2D eigenvalue weighted by molar-refractivity contribution is -0.237. The van der Waals surface area contributed by atoms with Gasteiger partial charge in [-0.25, -0.2) is 23.3 Å². The lowest BCUT2D eigenvalue weighted by Crippen LogP contribution is -2.55. The second kappa shape index (κ2) is 10.0. The molecule has 2 saturated heterocycles. The molecule has 2 aromatic heterocycles. The maximum absolute atomic E-state index is 14.0. The Morgan fingerprint density at radius 3 is 2.68 bits per heavy atom. The summed E-state index contributed by atoms with van der Waals surface area (Å²) in [6.07, 6.45) is -5.18. The van der Waals surface area contributed by atoms with Gasteiger partial charge in [0.1, 0.15) is 6.10 Å². The van der Waals surface area contributed by atoms with Gasteiger partial charge in [-0.3, -0.25) is 4.79 Å². The zero-order chi connectivity index (χ0) is 26.4. The van der Waals surface area contributed by atoms with Gasteiger partial charge < -0.3 is 20.5 Å². The molecule has 0 aromatic carbocycles. The van der Waals surface area contributed by atoms with E-state index in [1.807, 2.05) is 0 Å². The number of halogens is 5. The van der Waals surface area contributed by atoms with E-state index < -0.39 is 48.7 Å². The summed E-state index contributed by atoms with van der Waals surface area (Å²) < 4.78 is 79.6. The minimum absolute atomic E-state index is 0.0998. The molecule has 204 valence electrons. The number of fused-ring (bicyclic) bond motifs is 1. The van der Waals surface area contributed by atoms with Gasteiger partial charge in [0.25, 0.3) is 5.78 Å². The van der Waals surface area contributed by atoms with Gasteiger partial charge in [-0.15, -0.1) is 0 Å². The topological polar surface area (TPSA) is 117 Å². The molecule has 1 saturated carbocycles. The van der Waals surface area contributed by atoms with Crippen LogP contribution in [-0.2, 0) is 20.7 Å². The number of carbonyl (C=O) groups is 1. The van der Waals surface area contributed by atoms with E-state index in [2.05, 4.69) is 20.4 Å². The number of carbonyl (C=O) groups excluding carboxylic acids is 1. The molecule has 2 aliphatic heterocycles. The molecule has 1 aliphatic carbocycles. The molecule has 0 bridgehead atoms. The first-order valence-electron chi connectivity index (χ1n) is 12.5. The number of morpholine rings is 1. The number of amides is 1. The molecule has 37 heavy (non-hydrogen) atoms. The van der Waals surface area contributed by atoms with Crippen molar-refractivity contribution in [3.63, 3.8) is 0 Å². The van der Waals surface area contributed by atoms with Crippen LogP contribution in [0.15, 0.2) is 6.20 Å². The minimum atomic E-state index is -4.63. The molecule has 2 unspecified atom stereocenters. The van der Waals surface area contributed by atoms with Crippen molar-refractivity contribution in [2.24, 2.45) is 11.7 Å². The second-order valence-electron chi connectivity index (χ2n) is 10.1. The van der Waals surface area contributed by atoms with Crippen molar-refractivity contribution in [3.05, 3.63) is 23.3 Å². The van der Waals surface area contributed by atoms with Crippen LogP contribution < -0.4 is 11.1 Å². The summed E-state index contributed by atoms with van der Waals surface area (Å²) in [4.78, 5) is 21.5. The molecule has 4 heterocycles. The van der Waals surface area contributed by atoms with Gasteiger partial charge in [0.2, 0.25) is 11.8 Å². The third kappa shape index (κ3) is 5.70. The Morgan fingerprint density at radius 1 is 1.22 bits per heavy atom. The molecule has 3 N–H and O–H groups in total. The predicted molar refractivity (Wildman–Crippen MR) is 119 cm³/mol. The SMILES string of the molecule is N[C@H](c1cn2nc(CC3OC(C(F)(F)F)CNC3=O)c(C3CCOCC3)nc2n1)[C@H]1CCCC(F)(F)C1. The van der Waals surface area contributed by atoms with E-state index in [4.69, 9.17) is 15.2 Å². The van der Waals surface area contributed by atoms with Gasteiger partial charge in [-0.2, -0.15) is 18.3 Å². The van der Waals surface area contributed by atoms with Gasteiger partial charge in [-0.1, -0.05) is 0 Å². The number of nitrogens with one attached hydrogen (secondary N) is 1. The summed E-state index contributed by atoms with van der Waals surface area (Å²) in [6.45, 7) is 0.307. The molecular formula is C23H29F5N6O3. The van der Waals surface area contributed by atoms with Crippen molar-refractivity contribution in [2.75, 3.05) is 19.8 Å². The maximum Gasteiger partial charge on any atom is 0.416 e. The normalized spacial score (nSPS) is 28.3. The van der Waals surface area contributed by atoms with E-state index in [0.29, 0.717) is 56.0 Å². The van der Waals surface area contributed by atoms with E-state index in [-0.39, 0.29) is 31.0 Å². The Hall–Kier alpha value is -2.45. The Bertz CT molecular complexity index is 1140. The number of hydrogen-bond acceptors (Lipinski definition) is 7. The highest BCUT2D eigenvalue weighted by atomic mass is 19.4. The van der Waals surface area contributed by atoms with Crippen LogP contribution in [0.4, 0.5) is 22.0 Å². The number of rotatable bonds is 5. The van der Waals surface area contributed by atoms with Crippen molar-refractivity contribution in [1.82, 2.24) is 24.9 Å². The Morgan fingerprint density at radius 2 is 1.97 bits per heavy atom. The minimum Gasteiger partial charge on any atom is -0.381 e. The first-order valence-corrected chi connectivity index (χ1v) is 12.5.